The lowest BCUT2D eigenvalue weighted by atomic mass is 9.59. The normalized spacial score (nSPS) is 24.3. The number of piperidine rings is 4. The first-order valence-electron chi connectivity index (χ1n) is 27.2. The van der Waals surface area contributed by atoms with E-state index in [1.165, 1.54) is 37.3 Å². The van der Waals surface area contributed by atoms with Gasteiger partial charge in [-0.2, -0.15) is 9.97 Å². The Hall–Kier alpha value is -6.16. The number of hydrogen-bond acceptors (Lipinski definition) is 11. The number of carbonyl (C=O) groups is 3. The number of ether oxygens (including phenoxy) is 1. The van der Waals surface area contributed by atoms with Crippen molar-refractivity contribution in [1.29, 1.82) is 0 Å². The molecule has 2 saturated carbocycles. The van der Waals surface area contributed by atoms with E-state index < -0.39 is 23.4 Å². The van der Waals surface area contributed by atoms with Crippen molar-refractivity contribution in [2.24, 2.45) is 10.8 Å². The molecule has 6 aromatic rings. The molecule has 384 valence electrons. The lowest BCUT2D eigenvalue weighted by Gasteiger charge is -2.56. The number of pyridine rings is 1. The molecule has 7 heterocycles. The number of rotatable bonds is 11. The highest BCUT2D eigenvalue weighted by Crippen LogP contribution is 2.54. The van der Waals surface area contributed by atoms with Crippen molar-refractivity contribution in [3.05, 3.63) is 95.2 Å². The number of halogens is 2. The Morgan fingerprint density at radius 2 is 1.62 bits per heavy atom. The number of carbonyl (C=O) groups excluding carboxylic acids is 3. The number of aryl methyl sites for hydroxylation is 1. The van der Waals surface area contributed by atoms with Crippen molar-refractivity contribution in [1.82, 2.24) is 30.1 Å². The Bertz CT molecular complexity index is 3280. The minimum absolute atomic E-state index is 0.0246. The largest absolute Gasteiger partial charge is 0.463 e. The van der Waals surface area contributed by atoms with Crippen LogP contribution in [0.3, 0.4) is 0 Å². The van der Waals surface area contributed by atoms with Crippen LogP contribution in [0.2, 0.25) is 0 Å². The van der Waals surface area contributed by atoms with Gasteiger partial charge in [-0.25, -0.2) is 8.78 Å². The maximum atomic E-state index is 17.1. The number of anilines is 2. The van der Waals surface area contributed by atoms with E-state index in [2.05, 4.69) is 32.2 Å². The number of β-amino-alcohol motifs (C(OH)–C–C–N with tert-alkyl or cyclic N) is 1. The van der Waals surface area contributed by atoms with Crippen LogP contribution in [0.4, 0.5) is 20.3 Å². The number of nitrogens with one attached hydrogen (secondary N) is 1. The van der Waals surface area contributed by atoms with Gasteiger partial charge in [0, 0.05) is 60.2 Å². The van der Waals surface area contributed by atoms with E-state index in [4.69, 9.17) is 14.7 Å². The number of imide groups is 1. The molecule has 13 nitrogen and oxygen atoms in total. The summed E-state index contributed by atoms with van der Waals surface area (Å²) in [6, 6.07) is 18.9. The summed E-state index contributed by atoms with van der Waals surface area (Å²) in [5, 5.41) is 17.5. The van der Waals surface area contributed by atoms with Gasteiger partial charge in [-0.1, -0.05) is 49.4 Å². The molecule has 0 radical (unpaired) electrons. The fourth-order valence-electron chi connectivity index (χ4n) is 14.1. The van der Waals surface area contributed by atoms with Crippen molar-refractivity contribution >= 4 is 61.7 Å². The second kappa shape index (κ2) is 18.0. The van der Waals surface area contributed by atoms with Gasteiger partial charge in [0.05, 0.1) is 23.3 Å². The zero-order valence-corrected chi connectivity index (χ0v) is 42.4. The maximum Gasteiger partial charge on any atom is 0.319 e. The van der Waals surface area contributed by atoms with Gasteiger partial charge in [-0.3, -0.25) is 29.6 Å². The first kappa shape index (κ1) is 47.5. The van der Waals surface area contributed by atoms with E-state index in [-0.39, 0.29) is 46.7 Å². The summed E-state index contributed by atoms with van der Waals surface area (Å²) >= 11 is 0. The highest BCUT2D eigenvalue weighted by atomic mass is 19.1. The van der Waals surface area contributed by atoms with Crippen LogP contribution in [0.1, 0.15) is 118 Å². The summed E-state index contributed by atoms with van der Waals surface area (Å²) in [6.07, 6.45) is 13.1. The fourth-order valence-corrected chi connectivity index (χ4v) is 14.1. The molecule has 5 aliphatic heterocycles. The number of fused-ring (bicyclic) bond motifs is 2. The zero-order valence-electron chi connectivity index (χ0n) is 42.4. The number of likely N-dealkylation sites (tertiary alicyclic amines) is 2. The first-order valence-corrected chi connectivity index (χ1v) is 27.2. The van der Waals surface area contributed by atoms with E-state index in [0.29, 0.717) is 89.6 Å². The Balaban J connectivity index is 0.650. The number of benzene rings is 4. The molecule has 3 amide bonds. The Labute approximate surface area is 429 Å². The van der Waals surface area contributed by atoms with Crippen molar-refractivity contribution < 1.29 is 33.0 Å². The van der Waals surface area contributed by atoms with Gasteiger partial charge in [-0.15, -0.1) is 0 Å². The topological polar surface area (TPSA) is 144 Å². The minimum atomic E-state index is -0.936. The third kappa shape index (κ3) is 8.19. The lowest BCUT2D eigenvalue weighted by Crippen LogP contribution is -2.56. The van der Waals surface area contributed by atoms with E-state index in [1.54, 1.807) is 23.2 Å². The van der Waals surface area contributed by atoms with Gasteiger partial charge in [0.15, 0.2) is 5.82 Å². The molecular formula is C59H64F2N8O5. The van der Waals surface area contributed by atoms with Gasteiger partial charge in [-0.05, 0) is 167 Å². The highest BCUT2D eigenvalue weighted by molar-refractivity contribution is 6.27. The van der Waals surface area contributed by atoms with Gasteiger partial charge in [0.25, 0.3) is 5.91 Å². The van der Waals surface area contributed by atoms with Crippen LogP contribution in [0.5, 0.6) is 6.01 Å². The number of aliphatic hydroxyl groups is 1. The zero-order chi connectivity index (χ0) is 50.7. The standard InChI is InChI=1S/C59H64F2N8O5/c1-3-38-44(60)13-11-36-7-4-9-41(48(36)38)51-50(61)52-43(31-62-51)53(68-24-6-19-57(2,73)32-68)65-56(64-52)74-34-59(20-21-59)33-66-27-22-58(23-28-66)29-37(30-58)67-25-17-35(18-26-67)39-12-14-45-49-40(39)8-5-10-42(49)55(72)69(45)46-15-16-47(70)63-54(46)71/h4-5,7-14,31,35,37,46,73H,3,6,15-30,32-34H2,1-2H3,(H,63,70,71)/t46?,57-/m0/s1. The van der Waals surface area contributed by atoms with Gasteiger partial charge in [0.1, 0.15) is 28.9 Å². The molecule has 2 aromatic heterocycles. The van der Waals surface area contributed by atoms with Crippen molar-refractivity contribution in [2.75, 3.05) is 62.2 Å². The van der Waals surface area contributed by atoms with E-state index in [1.807, 2.05) is 49.1 Å². The smallest absolute Gasteiger partial charge is 0.319 e. The van der Waals surface area contributed by atoms with Gasteiger partial charge < -0.3 is 24.5 Å². The van der Waals surface area contributed by atoms with Gasteiger partial charge >= 0.3 is 6.01 Å². The summed E-state index contributed by atoms with van der Waals surface area (Å²) < 4.78 is 38.9. The lowest BCUT2D eigenvalue weighted by molar-refractivity contribution is -0.134. The molecule has 6 fully saturated rings. The highest BCUT2D eigenvalue weighted by Gasteiger charge is 2.51. The molecule has 2 aliphatic carbocycles. The monoisotopic (exact) mass is 1000 g/mol. The molecule has 2 atom stereocenters. The average Bonchev–Trinajstić information content (AvgIpc) is 4.10. The number of aromatic nitrogens is 3. The molecule has 0 bridgehead atoms. The van der Waals surface area contributed by atoms with Crippen LogP contribution in [0.15, 0.2) is 66.9 Å². The van der Waals surface area contributed by atoms with E-state index >= 15 is 8.78 Å². The SMILES string of the molecule is CCc1c(F)ccc2cccc(-c3ncc4c(N5CCC[C@](C)(O)C5)nc(OCC5(CN6CCC7(CC6)CC(N6CCC(c8ccc9c%10c(cccc8%10)C(=O)N9C8CCC(=O)NC8=O)CC6)C7)CC5)nc4c3F)c12. The first-order chi connectivity index (χ1) is 35.8. The summed E-state index contributed by atoms with van der Waals surface area (Å²) in [5.41, 5.74) is 3.35. The Kier molecular flexibility index (Phi) is 11.6. The molecule has 4 aromatic carbocycles. The summed E-state index contributed by atoms with van der Waals surface area (Å²) in [7, 11) is 0. The molecule has 1 unspecified atom stereocenters. The Morgan fingerprint density at radius 1 is 0.838 bits per heavy atom. The minimum Gasteiger partial charge on any atom is -0.463 e. The quantitative estimate of drug-likeness (QED) is 0.120. The fraction of sp³-hybridized carbons (Fsp3) is 0.492. The predicted molar refractivity (Wildman–Crippen MR) is 280 cm³/mol. The third-order valence-corrected chi connectivity index (χ3v) is 18.4. The van der Waals surface area contributed by atoms with Gasteiger partial charge in [0.2, 0.25) is 11.8 Å². The van der Waals surface area contributed by atoms with Crippen molar-refractivity contribution in [3.63, 3.8) is 0 Å². The number of amides is 3. The molecule has 7 aliphatic rings. The molecular weight excluding hydrogens is 939 g/mol. The van der Waals surface area contributed by atoms with E-state index in [9.17, 15) is 19.5 Å². The molecule has 1 spiro atoms. The van der Waals surface area contributed by atoms with Crippen molar-refractivity contribution in [2.45, 2.75) is 121 Å². The molecule has 2 N–H and O–H groups in total. The summed E-state index contributed by atoms with van der Waals surface area (Å²) in [4.78, 5) is 61.8. The maximum absolute atomic E-state index is 17.1. The van der Waals surface area contributed by atoms with Crippen LogP contribution >= 0.6 is 0 Å². The number of hydrogen-bond donors (Lipinski definition) is 2. The second-order valence-corrected chi connectivity index (χ2v) is 23.3. The summed E-state index contributed by atoms with van der Waals surface area (Å²) in [5.74, 6) is -0.917. The third-order valence-electron chi connectivity index (χ3n) is 18.4. The number of nitrogens with zero attached hydrogens (tertiary/aromatic N) is 7. The molecule has 15 heteroatoms. The van der Waals surface area contributed by atoms with Crippen LogP contribution in [-0.2, 0) is 16.0 Å². The van der Waals surface area contributed by atoms with Crippen LogP contribution in [-0.4, -0.2) is 118 Å². The second-order valence-electron chi connectivity index (χ2n) is 23.3. The van der Waals surface area contributed by atoms with Crippen LogP contribution in [0, 0.1) is 22.5 Å². The van der Waals surface area contributed by atoms with E-state index in [0.717, 1.165) is 86.7 Å². The van der Waals surface area contributed by atoms with Crippen LogP contribution < -0.4 is 19.9 Å². The molecule has 74 heavy (non-hydrogen) atoms. The summed E-state index contributed by atoms with van der Waals surface area (Å²) in [6.45, 7) is 10.3. The predicted octanol–water partition coefficient (Wildman–Crippen LogP) is 9.24. The molecule has 4 saturated heterocycles. The molecule has 13 rings (SSSR count). The average molecular weight is 1000 g/mol. The Morgan fingerprint density at radius 3 is 2.38 bits per heavy atom. The van der Waals surface area contributed by atoms with Crippen LogP contribution in [0.25, 0.3) is 43.7 Å². The van der Waals surface area contributed by atoms with Crippen molar-refractivity contribution in [3.8, 4) is 17.3 Å².